The van der Waals surface area contributed by atoms with E-state index in [0.29, 0.717) is 18.0 Å². The van der Waals surface area contributed by atoms with Crippen LogP contribution < -0.4 is 14.8 Å². The number of carbonyl (C=O) groups is 1. The second-order valence-electron chi connectivity index (χ2n) is 5.94. The molecule has 2 aromatic carbocycles. The van der Waals surface area contributed by atoms with Gasteiger partial charge in [-0.05, 0) is 84.7 Å². The Morgan fingerprint density at radius 2 is 1.96 bits per heavy atom. The van der Waals surface area contributed by atoms with Crippen molar-refractivity contribution in [1.29, 1.82) is 5.26 Å². The molecule has 2 rings (SSSR count). The van der Waals surface area contributed by atoms with Gasteiger partial charge in [0.2, 0.25) is 0 Å². The summed E-state index contributed by atoms with van der Waals surface area (Å²) < 4.78 is 11.8. The molecule has 6 heteroatoms. The number of benzene rings is 2. The molecule has 0 saturated heterocycles. The van der Waals surface area contributed by atoms with Gasteiger partial charge in [-0.3, -0.25) is 4.79 Å². The number of halogens is 1. The number of rotatable bonds is 7. The fraction of sp³-hybridized carbons (Fsp3) is 0.238. The van der Waals surface area contributed by atoms with E-state index in [2.05, 4.69) is 21.2 Å². The smallest absolute Gasteiger partial charge is 0.266 e. The van der Waals surface area contributed by atoms with Crippen LogP contribution in [0.25, 0.3) is 6.08 Å². The highest BCUT2D eigenvalue weighted by Gasteiger charge is 2.11. The highest BCUT2D eigenvalue weighted by molar-refractivity contribution is 9.10. The standard InChI is InChI=1S/C21H21BrN2O3/c1-4-26-18-8-6-17(7-9-18)24-21(25)16(13-23)11-15-5-10-20(19(22)12-15)27-14(2)3/h5-12,14H,4H2,1-3H3,(H,24,25)/b16-11+. The summed E-state index contributed by atoms with van der Waals surface area (Å²) in [5.74, 6) is 0.958. The first-order chi connectivity index (χ1) is 12.9. The molecule has 1 N–H and O–H groups in total. The molecule has 0 aliphatic carbocycles. The van der Waals surface area contributed by atoms with Gasteiger partial charge in [-0.2, -0.15) is 5.26 Å². The summed E-state index contributed by atoms with van der Waals surface area (Å²) in [7, 11) is 0. The maximum absolute atomic E-state index is 12.4. The normalized spacial score (nSPS) is 11.0. The molecule has 0 saturated carbocycles. The molecule has 0 atom stereocenters. The van der Waals surface area contributed by atoms with E-state index in [-0.39, 0.29) is 11.7 Å². The number of nitrogens with zero attached hydrogens (tertiary/aromatic N) is 1. The third-order valence-corrected chi connectivity index (χ3v) is 4.04. The molecule has 27 heavy (non-hydrogen) atoms. The van der Waals surface area contributed by atoms with E-state index in [1.165, 1.54) is 6.08 Å². The van der Waals surface area contributed by atoms with Gasteiger partial charge >= 0.3 is 0 Å². The fourth-order valence-electron chi connectivity index (χ4n) is 2.27. The molecule has 0 bridgehead atoms. The number of hydrogen-bond acceptors (Lipinski definition) is 4. The van der Waals surface area contributed by atoms with Crippen molar-refractivity contribution in [1.82, 2.24) is 0 Å². The summed E-state index contributed by atoms with van der Waals surface area (Å²) >= 11 is 3.45. The van der Waals surface area contributed by atoms with E-state index in [0.717, 1.165) is 15.8 Å². The SMILES string of the molecule is CCOc1ccc(NC(=O)/C(C#N)=C/c2ccc(OC(C)C)c(Br)c2)cc1. The van der Waals surface area contributed by atoms with Gasteiger partial charge in [0.05, 0.1) is 17.2 Å². The number of anilines is 1. The monoisotopic (exact) mass is 428 g/mol. The highest BCUT2D eigenvalue weighted by atomic mass is 79.9. The Labute approximate surface area is 167 Å². The Balaban J connectivity index is 2.14. The van der Waals surface area contributed by atoms with Crippen molar-refractivity contribution in [3.63, 3.8) is 0 Å². The van der Waals surface area contributed by atoms with Gasteiger partial charge in [0.1, 0.15) is 23.1 Å². The topological polar surface area (TPSA) is 71.3 Å². The molecule has 0 spiro atoms. The minimum Gasteiger partial charge on any atom is -0.494 e. The van der Waals surface area contributed by atoms with E-state index >= 15 is 0 Å². The van der Waals surface area contributed by atoms with Crippen LogP contribution in [0.3, 0.4) is 0 Å². The fourth-order valence-corrected chi connectivity index (χ4v) is 2.76. The predicted octanol–water partition coefficient (Wildman–Crippen LogP) is 5.18. The summed E-state index contributed by atoms with van der Waals surface area (Å²) in [6, 6.07) is 14.3. The van der Waals surface area contributed by atoms with Crippen molar-refractivity contribution in [3.05, 3.63) is 58.1 Å². The van der Waals surface area contributed by atoms with Crippen molar-refractivity contribution in [2.45, 2.75) is 26.9 Å². The molecule has 0 fully saturated rings. The minimum atomic E-state index is -0.472. The van der Waals surface area contributed by atoms with Crippen LogP contribution in [0.15, 0.2) is 52.5 Å². The average Bonchev–Trinajstić information content (AvgIpc) is 2.63. The van der Waals surface area contributed by atoms with Gasteiger partial charge in [-0.1, -0.05) is 6.07 Å². The van der Waals surface area contributed by atoms with Crippen LogP contribution in [0.2, 0.25) is 0 Å². The largest absolute Gasteiger partial charge is 0.494 e. The Morgan fingerprint density at radius 3 is 2.52 bits per heavy atom. The molecule has 1 amide bonds. The molecule has 0 unspecified atom stereocenters. The van der Waals surface area contributed by atoms with Crippen molar-refractivity contribution in [3.8, 4) is 17.6 Å². The van der Waals surface area contributed by atoms with Gasteiger partial charge in [0, 0.05) is 5.69 Å². The minimum absolute atomic E-state index is 0.00770. The van der Waals surface area contributed by atoms with Gasteiger partial charge in [-0.25, -0.2) is 0 Å². The lowest BCUT2D eigenvalue weighted by Gasteiger charge is -2.11. The highest BCUT2D eigenvalue weighted by Crippen LogP contribution is 2.28. The van der Waals surface area contributed by atoms with Crippen LogP contribution in [0, 0.1) is 11.3 Å². The van der Waals surface area contributed by atoms with Crippen LogP contribution in [0.5, 0.6) is 11.5 Å². The van der Waals surface area contributed by atoms with Crippen molar-refractivity contribution in [2.24, 2.45) is 0 Å². The van der Waals surface area contributed by atoms with Crippen molar-refractivity contribution >= 4 is 33.6 Å². The number of nitrogens with one attached hydrogen (secondary N) is 1. The number of hydrogen-bond donors (Lipinski definition) is 1. The van der Waals surface area contributed by atoms with Gasteiger partial charge in [0.25, 0.3) is 5.91 Å². The van der Waals surface area contributed by atoms with Crippen LogP contribution in [-0.2, 0) is 4.79 Å². The number of amides is 1. The molecule has 0 heterocycles. The van der Waals surface area contributed by atoms with Crippen LogP contribution in [0.1, 0.15) is 26.3 Å². The molecule has 0 aliphatic heterocycles. The first kappa shape index (κ1) is 20.5. The average molecular weight is 429 g/mol. The zero-order valence-electron chi connectivity index (χ0n) is 15.5. The third kappa shape index (κ3) is 6.15. The first-order valence-corrected chi connectivity index (χ1v) is 9.34. The third-order valence-electron chi connectivity index (χ3n) is 3.42. The van der Waals surface area contributed by atoms with E-state index < -0.39 is 5.91 Å². The van der Waals surface area contributed by atoms with Gasteiger partial charge < -0.3 is 14.8 Å². The van der Waals surface area contributed by atoms with Crippen molar-refractivity contribution < 1.29 is 14.3 Å². The Hall–Kier alpha value is -2.78. The molecule has 0 aromatic heterocycles. The lowest BCUT2D eigenvalue weighted by Crippen LogP contribution is -2.13. The van der Waals surface area contributed by atoms with Gasteiger partial charge in [-0.15, -0.1) is 0 Å². The second-order valence-corrected chi connectivity index (χ2v) is 6.79. The van der Waals surface area contributed by atoms with Crippen LogP contribution in [-0.4, -0.2) is 18.6 Å². The number of nitriles is 1. The number of ether oxygens (including phenoxy) is 2. The maximum atomic E-state index is 12.4. The molecule has 0 radical (unpaired) electrons. The Kier molecular flexibility index (Phi) is 7.44. The van der Waals surface area contributed by atoms with Crippen LogP contribution >= 0.6 is 15.9 Å². The summed E-state index contributed by atoms with van der Waals surface area (Å²) in [6.45, 7) is 6.36. The molecule has 5 nitrogen and oxygen atoms in total. The zero-order valence-corrected chi connectivity index (χ0v) is 17.0. The Bertz CT molecular complexity index is 868. The van der Waals surface area contributed by atoms with E-state index in [9.17, 15) is 10.1 Å². The van der Waals surface area contributed by atoms with Gasteiger partial charge in [0.15, 0.2) is 0 Å². The second kappa shape index (κ2) is 9.79. The summed E-state index contributed by atoms with van der Waals surface area (Å²) in [4.78, 5) is 12.4. The van der Waals surface area contributed by atoms with E-state index in [1.54, 1.807) is 42.5 Å². The van der Waals surface area contributed by atoms with Crippen molar-refractivity contribution in [2.75, 3.05) is 11.9 Å². The first-order valence-electron chi connectivity index (χ1n) is 8.55. The molecule has 2 aromatic rings. The summed E-state index contributed by atoms with van der Waals surface area (Å²) in [5, 5.41) is 12.1. The number of carbonyl (C=O) groups excluding carboxylic acids is 1. The summed E-state index contributed by atoms with van der Waals surface area (Å²) in [6.07, 6.45) is 1.59. The lowest BCUT2D eigenvalue weighted by atomic mass is 10.1. The van der Waals surface area contributed by atoms with Crippen LogP contribution in [0.4, 0.5) is 5.69 Å². The molecule has 140 valence electrons. The zero-order chi connectivity index (χ0) is 19.8. The van der Waals surface area contributed by atoms with E-state index in [1.807, 2.05) is 26.8 Å². The lowest BCUT2D eigenvalue weighted by molar-refractivity contribution is -0.112. The molecule has 0 aliphatic rings. The quantitative estimate of drug-likeness (QED) is 0.486. The Morgan fingerprint density at radius 1 is 1.26 bits per heavy atom. The predicted molar refractivity (Wildman–Crippen MR) is 110 cm³/mol. The summed E-state index contributed by atoms with van der Waals surface area (Å²) in [5.41, 5.74) is 1.32. The van der Waals surface area contributed by atoms with E-state index in [4.69, 9.17) is 9.47 Å². The molecular weight excluding hydrogens is 408 g/mol. The molecular formula is C21H21BrN2O3. The maximum Gasteiger partial charge on any atom is 0.266 e.